The molecule has 0 heterocycles. The summed E-state index contributed by atoms with van der Waals surface area (Å²) in [6, 6.07) is 6.55. The summed E-state index contributed by atoms with van der Waals surface area (Å²) in [5, 5.41) is 4.70. The van der Waals surface area contributed by atoms with Crippen molar-refractivity contribution in [3.8, 4) is 0 Å². The van der Waals surface area contributed by atoms with Crippen LogP contribution in [0.15, 0.2) is 24.3 Å². The number of para-hydroxylation sites is 1. The first kappa shape index (κ1) is 27.3. The molecule has 0 aliphatic rings. The molecule has 0 aliphatic heterocycles. The molecule has 0 fully saturated rings. The van der Waals surface area contributed by atoms with E-state index < -0.39 is 28.9 Å². The highest BCUT2D eigenvalue weighted by atomic mass is 32.2. The summed E-state index contributed by atoms with van der Waals surface area (Å²) >= 11 is 0.718. The van der Waals surface area contributed by atoms with E-state index in [0.717, 1.165) is 23.7 Å². The minimum absolute atomic E-state index is 0.112. The molecule has 32 heavy (non-hydrogen) atoms. The number of ether oxygens (including phenoxy) is 1. The quantitative estimate of drug-likeness (QED) is 0.434. The standard InChI is InChI=1S/C22H34N4O5S/c1-7-15-10-8-9-11-16(15)23-18(27)13-32-21(30)26-25-19(28)17(12-14(2)3)24-20(29)31-22(4,5)6/h8-11,14,17H,7,12-13H2,1-6H3,(H,23,27)(H,24,29)(H,25,28)(H,26,30)/t17-/m0/s1. The first-order chi connectivity index (χ1) is 14.9. The Bertz CT molecular complexity index is 808. The minimum atomic E-state index is -0.885. The third kappa shape index (κ3) is 11.0. The number of carbonyl (C=O) groups excluding carboxylic acids is 4. The fraction of sp³-hybridized carbons (Fsp3) is 0.545. The Labute approximate surface area is 193 Å². The third-order valence-corrected chi connectivity index (χ3v) is 4.78. The number of alkyl carbamates (subject to hydrolysis) is 1. The third-order valence-electron chi connectivity index (χ3n) is 4.01. The maximum absolute atomic E-state index is 12.4. The molecule has 1 aromatic carbocycles. The lowest BCUT2D eigenvalue weighted by Gasteiger charge is -2.24. The normalized spacial score (nSPS) is 12.0. The molecule has 0 bridgehead atoms. The summed E-state index contributed by atoms with van der Waals surface area (Å²) in [5.74, 6) is -0.923. The number of amides is 4. The maximum Gasteiger partial charge on any atom is 0.408 e. The fourth-order valence-corrected chi connectivity index (χ4v) is 3.11. The van der Waals surface area contributed by atoms with E-state index in [4.69, 9.17) is 4.74 Å². The molecule has 0 aromatic heterocycles. The van der Waals surface area contributed by atoms with E-state index in [0.29, 0.717) is 12.1 Å². The van der Waals surface area contributed by atoms with Gasteiger partial charge in [-0.15, -0.1) is 0 Å². The summed E-state index contributed by atoms with van der Waals surface area (Å²) in [4.78, 5) is 48.6. The second-order valence-corrected chi connectivity index (χ2v) is 9.53. The SMILES string of the molecule is CCc1ccccc1NC(=O)CSC(=O)NNC(=O)[C@H](CC(C)C)NC(=O)OC(C)(C)C. The van der Waals surface area contributed by atoms with Crippen molar-refractivity contribution in [3.63, 3.8) is 0 Å². The second kappa shape index (κ2) is 12.9. The summed E-state index contributed by atoms with van der Waals surface area (Å²) in [7, 11) is 0. The number of hydrazine groups is 1. The smallest absolute Gasteiger partial charge is 0.408 e. The van der Waals surface area contributed by atoms with Gasteiger partial charge in [0.1, 0.15) is 11.6 Å². The highest BCUT2D eigenvalue weighted by Gasteiger charge is 2.25. The van der Waals surface area contributed by atoms with Crippen LogP contribution in [0.5, 0.6) is 0 Å². The maximum atomic E-state index is 12.4. The molecule has 0 unspecified atom stereocenters. The van der Waals surface area contributed by atoms with Crippen molar-refractivity contribution < 1.29 is 23.9 Å². The van der Waals surface area contributed by atoms with Crippen molar-refractivity contribution in [2.45, 2.75) is 66.0 Å². The Kier molecular flexibility index (Phi) is 11.0. The molecule has 178 valence electrons. The minimum Gasteiger partial charge on any atom is -0.444 e. The molecule has 1 aromatic rings. The highest BCUT2D eigenvalue weighted by Crippen LogP contribution is 2.16. The Hall–Kier alpha value is -2.75. The number of benzene rings is 1. The molecule has 9 nitrogen and oxygen atoms in total. The van der Waals surface area contributed by atoms with Gasteiger partial charge in [0.25, 0.3) is 11.1 Å². The van der Waals surface area contributed by atoms with Gasteiger partial charge >= 0.3 is 6.09 Å². The summed E-state index contributed by atoms with van der Waals surface area (Å²) in [5.41, 5.74) is 5.54. The van der Waals surface area contributed by atoms with Gasteiger partial charge < -0.3 is 15.4 Å². The molecule has 1 rings (SSSR count). The van der Waals surface area contributed by atoms with Gasteiger partial charge in [-0.25, -0.2) is 4.79 Å². The molecular formula is C22H34N4O5S. The van der Waals surface area contributed by atoms with Gasteiger partial charge in [0.15, 0.2) is 0 Å². The molecule has 10 heteroatoms. The van der Waals surface area contributed by atoms with Gasteiger partial charge in [-0.1, -0.05) is 50.7 Å². The molecule has 0 saturated carbocycles. The number of anilines is 1. The number of hydrogen-bond donors (Lipinski definition) is 4. The Morgan fingerprint density at radius 3 is 2.31 bits per heavy atom. The zero-order chi connectivity index (χ0) is 24.3. The zero-order valence-corrected chi connectivity index (χ0v) is 20.4. The monoisotopic (exact) mass is 466 g/mol. The van der Waals surface area contributed by atoms with Gasteiger partial charge in [-0.3, -0.25) is 25.2 Å². The highest BCUT2D eigenvalue weighted by molar-refractivity contribution is 8.14. The van der Waals surface area contributed by atoms with Crippen molar-refractivity contribution >= 4 is 40.6 Å². The lowest BCUT2D eigenvalue weighted by molar-refractivity contribution is -0.124. The van der Waals surface area contributed by atoms with Crippen LogP contribution in [-0.2, 0) is 20.7 Å². The number of thioether (sulfide) groups is 1. The molecule has 4 N–H and O–H groups in total. The fourth-order valence-electron chi connectivity index (χ4n) is 2.66. The first-order valence-electron chi connectivity index (χ1n) is 10.5. The Morgan fingerprint density at radius 2 is 1.72 bits per heavy atom. The predicted molar refractivity (Wildman–Crippen MR) is 126 cm³/mol. The van der Waals surface area contributed by atoms with Crippen LogP contribution in [0.25, 0.3) is 0 Å². The molecule has 0 saturated heterocycles. The van der Waals surface area contributed by atoms with E-state index in [1.807, 2.05) is 39.0 Å². The van der Waals surface area contributed by atoms with E-state index in [1.54, 1.807) is 26.8 Å². The number of rotatable bonds is 8. The lowest BCUT2D eigenvalue weighted by Crippen LogP contribution is -2.52. The predicted octanol–water partition coefficient (Wildman–Crippen LogP) is 3.60. The van der Waals surface area contributed by atoms with Crippen LogP contribution in [0, 0.1) is 5.92 Å². The average Bonchev–Trinajstić information content (AvgIpc) is 2.68. The van der Waals surface area contributed by atoms with Crippen molar-refractivity contribution in [1.82, 2.24) is 16.2 Å². The van der Waals surface area contributed by atoms with E-state index >= 15 is 0 Å². The van der Waals surface area contributed by atoms with Crippen molar-refractivity contribution in [3.05, 3.63) is 29.8 Å². The van der Waals surface area contributed by atoms with Crippen LogP contribution >= 0.6 is 11.8 Å². The van der Waals surface area contributed by atoms with E-state index in [2.05, 4.69) is 21.5 Å². The van der Waals surface area contributed by atoms with Crippen LogP contribution in [0.1, 0.15) is 53.5 Å². The topological polar surface area (TPSA) is 126 Å². The van der Waals surface area contributed by atoms with Gasteiger partial charge in [-0.2, -0.15) is 0 Å². The average molecular weight is 467 g/mol. The van der Waals surface area contributed by atoms with Crippen LogP contribution in [-0.4, -0.2) is 40.5 Å². The van der Waals surface area contributed by atoms with E-state index in [-0.39, 0.29) is 17.6 Å². The number of hydrogen-bond acceptors (Lipinski definition) is 6. The molecule has 0 spiro atoms. The van der Waals surface area contributed by atoms with Crippen LogP contribution < -0.4 is 21.5 Å². The van der Waals surface area contributed by atoms with Crippen molar-refractivity contribution in [2.75, 3.05) is 11.1 Å². The summed E-state index contributed by atoms with van der Waals surface area (Å²) in [6.07, 6.45) is 0.404. The van der Waals surface area contributed by atoms with Gasteiger partial charge in [0.05, 0.1) is 5.75 Å². The first-order valence-corrected chi connectivity index (χ1v) is 11.5. The van der Waals surface area contributed by atoms with Crippen molar-refractivity contribution in [2.24, 2.45) is 5.92 Å². The molecule has 0 radical (unpaired) electrons. The zero-order valence-electron chi connectivity index (χ0n) is 19.5. The number of carbonyl (C=O) groups is 4. The van der Waals surface area contributed by atoms with E-state index in [1.165, 1.54) is 0 Å². The lowest BCUT2D eigenvalue weighted by atomic mass is 10.0. The summed E-state index contributed by atoms with van der Waals surface area (Å²) in [6.45, 7) is 11.0. The van der Waals surface area contributed by atoms with E-state index in [9.17, 15) is 19.2 Å². The number of aryl methyl sites for hydroxylation is 1. The Balaban J connectivity index is 2.51. The van der Waals surface area contributed by atoms with Gasteiger partial charge in [0.2, 0.25) is 5.91 Å². The van der Waals surface area contributed by atoms with Gasteiger partial charge in [0, 0.05) is 5.69 Å². The van der Waals surface area contributed by atoms with Gasteiger partial charge in [-0.05, 0) is 51.2 Å². The second-order valence-electron chi connectivity index (χ2n) is 8.58. The van der Waals surface area contributed by atoms with Crippen molar-refractivity contribution in [1.29, 1.82) is 0 Å². The van der Waals surface area contributed by atoms with Crippen LogP contribution in [0.4, 0.5) is 15.3 Å². The molecule has 1 atom stereocenters. The molecule has 0 aliphatic carbocycles. The molecular weight excluding hydrogens is 432 g/mol. The van der Waals surface area contributed by atoms with Crippen LogP contribution in [0.2, 0.25) is 0 Å². The molecule has 4 amide bonds. The number of nitrogens with one attached hydrogen (secondary N) is 4. The largest absolute Gasteiger partial charge is 0.444 e. The summed E-state index contributed by atoms with van der Waals surface area (Å²) < 4.78 is 5.19. The Morgan fingerprint density at radius 1 is 1.06 bits per heavy atom. The van der Waals surface area contributed by atoms with Crippen LogP contribution in [0.3, 0.4) is 0 Å².